The molecule has 0 bridgehead atoms. The number of imidazole rings is 1. The molecule has 168 valence electrons. The third-order valence-corrected chi connectivity index (χ3v) is 6.48. The van der Waals surface area contributed by atoms with Gasteiger partial charge >= 0.3 is 0 Å². The van der Waals surface area contributed by atoms with Crippen molar-refractivity contribution in [3.05, 3.63) is 90.3 Å². The summed E-state index contributed by atoms with van der Waals surface area (Å²) in [6, 6.07) is 24.6. The monoisotopic (exact) mass is 439 g/mol. The molecular formula is C27H29N5O. The number of nitrogens with one attached hydrogen (secondary N) is 1. The van der Waals surface area contributed by atoms with Gasteiger partial charge in [-0.15, -0.1) is 0 Å². The zero-order valence-corrected chi connectivity index (χ0v) is 19.1. The third kappa shape index (κ3) is 4.61. The van der Waals surface area contributed by atoms with Gasteiger partial charge in [0.2, 0.25) is 0 Å². The number of amides is 1. The molecule has 0 saturated carbocycles. The summed E-state index contributed by atoms with van der Waals surface area (Å²) in [4.78, 5) is 21.9. The topological polar surface area (TPSA) is 53.4 Å². The van der Waals surface area contributed by atoms with Gasteiger partial charge in [0.15, 0.2) is 0 Å². The van der Waals surface area contributed by atoms with E-state index < -0.39 is 0 Å². The molecule has 33 heavy (non-hydrogen) atoms. The summed E-state index contributed by atoms with van der Waals surface area (Å²) < 4.78 is 2.12. The molecule has 1 aliphatic heterocycles. The number of likely N-dealkylation sites (N-methyl/N-ethyl adjacent to an activating group) is 1. The summed E-state index contributed by atoms with van der Waals surface area (Å²) in [7, 11) is 4.28. The maximum atomic E-state index is 12.7. The number of fused-ring (bicyclic) bond motifs is 1. The van der Waals surface area contributed by atoms with E-state index >= 15 is 0 Å². The van der Waals surface area contributed by atoms with Crippen LogP contribution < -0.4 is 10.2 Å². The lowest BCUT2D eigenvalue weighted by atomic mass is 10.1. The predicted molar refractivity (Wildman–Crippen MR) is 134 cm³/mol. The first-order valence-corrected chi connectivity index (χ1v) is 11.4. The molecule has 1 amide bonds. The van der Waals surface area contributed by atoms with Gasteiger partial charge in [0.05, 0.1) is 17.4 Å². The highest BCUT2D eigenvalue weighted by Crippen LogP contribution is 2.24. The van der Waals surface area contributed by atoms with Crippen LogP contribution in [0.4, 0.5) is 11.4 Å². The maximum Gasteiger partial charge on any atom is 0.255 e. The van der Waals surface area contributed by atoms with Gasteiger partial charge in [-0.2, -0.15) is 0 Å². The highest BCUT2D eigenvalue weighted by atomic mass is 16.1. The lowest BCUT2D eigenvalue weighted by molar-refractivity contribution is 0.102. The number of anilines is 2. The molecule has 1 N–H and O–H groups in total. The van der Waals surface area contributed by atoms with E-state index in [0.29, 0.717) is 11.6 Å². The van der Waals surface area contributed by atoms with Gasteiger partial charge in [-0.05, 0) is 74.6 Å². The Morgan fingerprint density at radius 3 is 2.52 bits per heavy atom. The Kier molecular flexibility index (Phi) is 5.84. The van der Waals surface area contributed by atoms with Crippen LogP contribution in [0, 0.1) is 0 Å². The van der Waals surface area contributed by atoms with Crippen molar-refractivity contribution in [3.63, 3.8) is 0 Å². The van der Waals surface area contributed by atoms with Gasteiger partial charge in [-0.1, -0.05) is 24.3 Å². The molecule has 0 spiro atoms. The van der Waals surface area contributed by atoms with Gasteiger partial charge in [-0.25, -0.2) is 4.98 Å². The average molecular weight is 440 g/mol. The maximum absolute atomic E-state index is 12.7. The van der Waals surface area contributed by atoms with Crippen LogP contribution in [0.5, 0.6) is 0 Å². The van der Waals surface area contributed by atoms with Gasteiger partial charge in [0.1, 0.15) is 0 Å². The smallest absolute Gasteiger partial charge is 0.255 e. The zero-order chi connectivity index (χ0) is 22.8. The van der Waals surface area contributed by atoms with Crippen molar-refractivity contribution in [2.24, 2.45) is 0 Å². The van der Waals surface area contributed by atoms with Crippen LogP contribution in [0.2, 0.25) is 0 Å². The molecule has 4 aromatic rings. The molecule has 1 saturated heterocycles. The largest absolute Gasteiger partial charge is 0.370 e. The minimum atomic E-state index is -0.101. The minimum absolute atomic E-state index is 0.101. The Labute approximate surface area is 194 Å². The number of hydrogen-bond acceptors (Lipinski definition) is 4. The van der Waals surface area contributed by atoms with E-state index in [0.717, 1.165) is 41.9 Å². The second-order valence-electron chi connectivity index (χ2n) is 8.91. The van der Waals surface area contributed by atoms with E-state index in [1.54, 1.807) is 0 Å². The van der Waals surface area contributed by atoms with Crippen LogP contribution in [-0.2, 0) is 6.54 Å². The van der Waals surface area contributed by atoms with Crippen molar-refractivity contribution in [1.82, 2.24) is 14.5 Å². The molecule has 0 radical (unpaired) electrons. The van der Waals surface area contributed by atoms with Crippen LogP contribution >= 0.6 is 0 Å². The Balaban J connectivity index is 1.20. The van der Waals surface area contributed by atoms with Crippen LogP contribution in [0.15, 0.2) is 79.1 Å². The molecule has 0 aliphatic carbocycles. The third-order valence-electron chi connectivity index (χ3n) is 6.48. The van der Waals surface area contributed by atoms with Crippen molar-refractivity contribution in [1.29, 1.82) is 0 Å². The van der Waals surface area contributed by atoms with Crippen LogP contribution in [-0.4, -0.2) is 53.6 Å². The lowest BCUT2D eigenvalue weighted by Crippen LogP contribution is -2.31. The molecular weight excluding hydrogens is 410 g/mol. The number of rotatable bonds is 6. The molecule has 1 aliphatic rings. The Bertz CT molecular complexity index is 1240. The zero-order valence-electron chi connectivity index (χ0n) is 19.1. The Morgan fingerprint density at radius 1 is 1.03 bits per heavy atom. The van der Waals surface area contributed by atoms with E-state index in [4.69, 9.17) is 0 Å². The first-order chi connectivity index (χ1) is 16.1. The number of para-hydroxylation sites is 2. The second-order valence-corrected chi connectivity index (χ2v) is 8.91. The molecule has 1 aromatic heterocycles. The molecule has 1 fully saturated rings. The molecule has 6 nitrogen and oxygen atoms in total. The van der Waals surface area contributed by atoms with E-state index in [1.165, 1.54) is 12.1 Å². The van der Waals surface area contributed by atoms with Crippen LogP contribution in [0.3, 0.4) is 0 Å². The predicted octanol–water partition coefficient (Wildman–Crippen LogP) is 4.48. The summed E-state index contributed by atoms with van der Waals surface area (Å²) in [5.41, 5.74) is 5.87. The van der Waals surface area contributed by atoms with Crippen molar-refractivity contribution in [3.8, 4) is 0 Å². The van der Waals surface area contributed by atoms with E-state index in [-0.39, 0.29) is 5.91 Å². The first kappa shape index (κ1) is 21.2. The fourth-order valence-corrected chi connectivity index (χ4v) is 4.45. The number of benzene rings is 3. The van der Waals surface area contributed by atoms with Gasteiger partial charge in [0, 0.05) is 42.6 Å². The number of aromatic nitrogens is 2. The summed E-state index contributed by atoms with van der Waals surface area (Å²) >= 11 is 0. The van der Waals surface area contributed by atoms with E-state index in [9.17, 15) is 4.79 Å². The van der Waals surface area contributed by atoms with Crippen LogP contribution in [0.25, 0.3) is 11.0 Å². The molecule has 2 heterocycles. The Hall–Kier alpha value is -3.64. The fraction of sp³-hybridized carbons (Fsp3) is 0.259. The SMILES string of the molecule is CN(C)C1CCN(c2ccc(NC(=O)c3ccc(Cn4cnc5ccccc54)cc3)cc2)C1. The number of hydrogen-bond donors (Lipinski definition) is 1. The van der Waals surface area contributed by atoms with Crippen molar-refractivity contribution in [2.75, 3.05) is 37.4 Å². The molecule has 3 aromatic carbocycles. The highest BCUT2D eigenvalue weighted by molar-refractivity contribution is 6.04. The van der Waals surface area contributed by atoms with Crippen molar-refractivity contribution in [2.45, 2.75) is 19.0 Å². The summed E-state index contributed by atoms with van der Waals surface area (Å²) in [6.07, 6.45) is 3.04. The van der Waals surface area contributed by atoms with Crippen molar-refractivity contribution < 1.29 is 4.79 Å². The number of carbonyl (C=O) groups is 1. The minimum Gasteiger partial charge on any atom is -0.370 e. The van der Waals surface area contributed by atoms with E-state index in [1.807, 2.05) is 60.9 Å². The Morgan fingerprint density at radius 2 is 1.79 bits per heavy atom. The van der Waals surface area contributed by atoms with Gasteiger partial charge in [-0.3, -0.25) is 4.79 Å². The summed E-state index contributed by atoms with van der Waals surface area (Å²) in [5.74, 6) is -0.101. The second kappa shape index (κ2) is 9.08. The highest BCUT2D eigenvalue weighted by Gasteiger charge is 2.24. The lowest BCUT2D eigenvalue weighted by Gasteiger charge is -2.22. The molecule has 1 unspecified atom stereocenters. The standard InChI is InChI=1S/C27H29N5O/c1-30(2)24-15-16-31(18-24)23-13-11-22(12-14-23)29-27(33)21-9-7-20(8-10-21)17-32-19-28-25-5-3-4-6-26(25)32/h3-14,19,24H,15-18H2,1-2H3,(H,29,33). The summed E-state index contributed by atoms with van der Waals surface area (Å²) in [6.45, 7) is 2.82. The number of carbonyl (C=O) groups excluding carboxylic acids is 1. The van der Waals surface area contributed by atoms with E-state index in [2.05, 4.69) is 57.0 Å². The molecule has 5 rings (SSSR count). The van der Waals surface area contributed by atoms with Crippen molar-refractivity contribution >= 4 is 28.3 Å². The molecule has 1 atom stereocenters. The molecule has 6 heteroatoms. The first-order valence-electron chi connectivity index (χ1n) is 11.4. The normalized spacial score (nSPS) is 16.0. The quantitative estimate of drug-likeness (QED) is 0.481. The summed E-state index contributed by atoms with van der Waals surface area (Å²) in [5, 5.41) is 3.01. The average Bonchev–Trinajstić information content (AvgIpc) is 3.48. The number of nitrogens with zero attached hydrogens (tertiary/aromatic N) is 4. The fourth-order valence-electron chi connectivity index (χ4n) is 4.45. The van der Waals surface area contributed by atoms with Crippen LogP contribution in [0.1, 0.15) is 22.3 Å². The van der Waals surface area contributed by atoms with Gasteiger partial charge < -0.3 is 19.7 Å². The van der Waals surface area contributed by atoms with Gasteiger partial charge in [0.25, 0.3) is 5.91 Å².